The Morgan fingerprint density at radius 2 is 1.29 bits per heavy atom. The molecule has 0 amide bonds. The van der Waals surface area contributed by atoms with Gasteiger partial charge >= 0.3 is 0 Å². The molecule has 0 atom stereocenters. The van der Waals surface area contributed by atoms with Gasteiger partial charge in [0.25, 0.3) is 0 Å². The Morgan fingerprint density at radius 1 is 0.714 bits per heavy atom. The Labute approximate surface area is 132 Å². The van der Waals surface area contributed by atoms with Gasteiger partial charge < -0.3 is 4.74 Å². The normalized spacial score (nSPS) is 11.9. The molecule has 0 bridgehead atoms. The summed E-state index contributed by atoms with van der Waals surface area (Å²) in [5.41, 5.74) is 0. The number of allylic oxidation sites excluding steroid dienone is 6. The Bertz CT molecular complexity index is 286. The molecule has 0 aromatic rings. The molecule has 0 aromatic heterocycles. The van der Waals surface area contributed by atoms with Gasteiger partial charge in [-0.05, 0) is 38.5 Å². The van der Waals surface area contributed by atoms with E-state index in [-0.39, 0.29) is 0 Å². The summed E-state index contributed by atoms with van der Waals surface area (Å²) >= 11 is 0. The van der Waals surface area contributed by atoms with E-state index in [9.17, 15) is 0 Å². The van der Waals surface area contributed by atoms with Gasteiger partial charge in [-0.25, -0.2) is 0 Å². The molecule has 0 aromatic carbocycles. The van der Waals surface area contributed by atoms with Crippen LogP contribution in [0.25, 0.3) is 0 Å². The molecule has 21 heavy (non-hydrogen) atoms. The van der Waals surface area contributed by atoms with E-state index in [1.807, 2.05) is 0 Å². The van der Waals surface area contributed by atoms with Gasteiger partial charge in [-0.15, -0.1) is 0 Å². The van der Waals surface area contributed by atoms with E-state index >= 15 is 0 Å². The summed E-state index contributed by atoms with van der Waals surface area (Å²) in [6, 6.07) is 0. The minimum atomic E-state index is 0.827. The van der Waals surface area contributed by atoms with Crippen molar-refractivity contribution in [3.05, 3.63) is 49.3 Å². The number of hydrogen-bond acceptors (Lipinski definition) is 1. The van der Waals surface area contributed by atoms with Gasteiger partial charge in [0.1, 0.15) is 0 Å². The van der Waals surface area contributed by atoms with Crippen molar-refractivity contribution in [1.29, 1.82) is 0 Å². The Balaban J connectivity index is 3.18. The number of ether oxygens (including phenoxy) is 1. The zero-order valence-electron chi connectivity index (χ0n) is 13.9. The van der Waals surface area contributed by atoms with E-state index < -0.39 is 0 Å². The Hall–Kier alpha value is -1.24. The van der Waals surface area contributed by atoms with Crippen LogP contribution in [0.1, 0.15) is 71.1 Å². The van der Waals surface area contributed by atoms with Crippen LogP contribution in [0.5, 0.6) is 0 Å². The monoisotopic (exact) mass is 290 g/mol. The van der Waals surface area contributed by atoms with E-state index in [1.54, 1.807) is 0 Å². The second-order valence-electron chi connectivity index (χ2n) is 5.24. The van der Waals surface area contributed by atoms with Gasteiger partial charge in [0.2, 0.25) is 0 Å². The van der Waals surface area contributed by atoms with Gasteiger partial charge in [0.15, 0.2) is 0 Å². The fraction of sp³-hybridized carbons (Fsp3) is 0.600. The van der Waals surface area contributed by atoms with Crippen molar-refractivity contribution in [2.75, 3.05) is 6.61 Å². The standard InChI is InChI=1S/C20H34O/c1-3-5-6-7-8-9-10-11-12-13-14-15-16-17-18-19-20-21-4-2/h4-6,8-9,11-12H,2-3,7,10,13-20H2,1H3. The summed E-state index contributed by atoms with van der Waals surface area (Å²) in [7, 11) is 0. The fourth-order valence-electron chi connectivity index (χ4n) is 2.06. The van der Waals surface area contributed by atoms with Crippen LogP contribution in [0.3, 0.4) is 0 Å². The second kappa shape index (κ2) is 18.8. The van der Waals surface area contributed by atoms with Crippen molar-refractivity contribution in [1.82, 2.24) is 0 Å². The maximum Gasteiger partial charge on any atom is 0.0873 e. The molecule has 0 unspecified atom stereocenters. The van der Waals surface area contributed by atoms with E-state index in [0.717, 1.165) is 32.3 Å². The lowest BCUT2D eigenvalue weighted by Gasteiger charge is -2.01. The molecular formula is C20H34O. The molecule has 0 fully saturated rings. The summed E-state index contributed by atoms with van der Waals surface area (Å²) in [6.45, 7) is 6.53. The van der Waals surface area contributed by atoms with E-state index in [0.29, 0.717) is 0 Å². The molecule has 120 valence electrons. The topological polar surface area (TPSA) is 9.23 Å². The zero-order chi connectivity index (χ0) is 15.4. The van der Waals surface area contributed by atoms with Crippen LogP contribution in [0.15, 0.2) is 49.3 Å². The smallest absolute Gasteiger partial charge is 0.0873 e. The SMILES string of the molecule is C=COCCCCCCCCC=CCC=CCC=CCC. The highest BCUT2D eigenvalue weighted by Gasteiger charge is 1.90. The fourth-order valence-corrected chi connectivity index (χ4v) is 2.06. The van der Waals surface area contributed by atoms with Crippen LogP contribution in [0, 0.1) is 0 Å². The zero-order valence-corrected chi connectivity index (χ0v) is 13.9. The summed E-state index contributed by atoms with van der Waals surface area (Å²) in [4.78, 5) is 0. The first-order chi connectivity index (χ1) is 10.4. The highest BCUT2D eigenvalue weighted by Crippen LogP contribution is 2.08. The lowest BCUT2D eigenvalue weighted by atomic mass is 10.1. The average molecular weight is 290 g/mol. The molecule has 0 aliphatic heterocycles. The molecule has 0 spiro atoms. The molecule has 0 saturated heterocycles. The van der Waals surface area contributed by atoms with Crippen LogP contribution < -0.4 is 0 Å². The van der Waals surface area contributed by atoms with Crippen molar-refractivity contribution in [3.8, 4) is 0 Å². The average Bonchev–Trinajstić information content (AvgIpc) is 2.50. The molecule has 0 N–H and O–H groups in total. The summed E-state index contributed by atoms with van der Waals surface area (Å²) in [5.74, 6) is 0. The summed E-state index contributed by atoms with van der Waals surface area (Å²) in [6.07, 6.45) is 27.4. The van der Waals surface area contributed by atoms with E-state index in [1.165, 1.54) is 44.8 Å². The predicted molar refractivity (Wildman–Crippen MR) is 95.4 cm³/mol. The van der Waals surface area contributed by atoms with Crippen LogP contribution in [0.2, 0.25) is 0 Å². The highest BCUT2D eigenvalue weighted by molar-refractivity contribution is 4.96. The molecule has 0 rings (SSSR count). The van der Waals surface area contributed by atoms with Crippen molar-refractivity contribution in [2.24, 2.45) is 0 Å². The third-order valence-corrected chi connectivity index (χ3v) is 3.28. The molecular weight excluding hydrogens is 256 g/mol. The minimum Gasteiger partial charge on any atom is -0.502 e. The lowest BCUT2D eigenvalue weighted by Crippen LogP contribution is -1.87. The molecule has 0 aliphatic rings. The Kier molecular flexibility index (Phi) is 17.7. The van der Waals surface area contributed by atoms with Crippen molar-refractivity contribution >= 4 is 0 Å². The van der Waals surface area contributed by atoms with Gasteiger partial charge in [0, 0.05) is 0 Å². The molecule has 1 nitrogen and oxygen atoms in total. The van der Waals surface area contributed by atoms with Gasteiger partial charge in [-0.2, -0.15) is 0 Å². The van der Waals surface area contributed by atoms with Crippen LogP contribution in [-0.2, 0) is 4.74 Å². The van der Waals surface area contributed by atoms with E-state index in [4.69, 9.17) is 4.74 Å². The molecule has 0 aliphatic carbocycles. The van der Waals surface area contributed by atoms with Crippen molar-refractivity contribution in [2.45, 2.75) is 71.1 Å². The Morgan fingerprint density at radius 3 is 1.95 bits per heavy atom. The second-order valence-corrected chi connectivity index (χ2v) is 5.24. The van der Waals surface area contributed by atoms with Crippen molar-refractivity contribution in [3.63, 3.8) is 0 Å². The number of hydrogen-bond donors (Lipinski definition) is 0. The van der Waals surface area contributed by atoms with Crippen molar-refractivity contribution < 1.29 is 4.74 Å². The minimum absolute atomic E-state index is 0.827. The van der Waals surface area contributed by atoms with Crippen LogP contribution in [0.4, 0.5) is 0 Å². The third-order valence-electron chi connectivity index (χ3n) is 3.28. The maximum atomic E-state index is 5.10. The maximum absolute atomic E-state index is 5.10. The first-order valence-corrected chi connectivity index (χ1v) is 8.59. The van der Waals surface area contributed by atoms with Gasteiger partial charge in [-0.3, -0.25) is 0 Å². The van der Waals surface area contributed by atoms with E-state index in [2.05, 4.69) is 50.0 Å². The first kappa shape index (κ1) is 19.8. The quantitative estimate of drug-likeness (QED) is 0.184. The molecule has 0 radical (unpaired) electrons. The summed E-state index contributed by atoms with van der Waals surface area (Å²) < 4.78 is 5.10. The first-order valence-electron chi connectivity index (χ1n) is 8.59. The summed E-state index contributed by atoms with van der Waals surface area (Å²) in [5, 5.41) is 0. The molecule has 1 heteroatoms. The molecule has 0 saturated carbocycles. The lowest BCUT2D eigenvalue weighted by molar-refractivity contribution is 0.241. The number of unbranched alkanes of at least 4 members (excludes halogenated alkanes) is 6. The van der Waals surface area contributed by atoms with Crippen LogP contribution >= 0.6 is 0 Å². The highest BCUT2D eigenvalue weighted by atomic mass is 16.5. The largest absolute Gasteiger partial charge is 0.502 e. The van der Waals surface area contributed by atoms with Gasteiger partial charge in [-0.1, -0.05) is 75.6 Å². The third kappa shape index (κ3) is 18.8. The van der Waals surface area contributed by atoms with Gasteiger partial charge in [0.05, 0.1) is 12.9 Å². The van der Waals surface area contributed by atoms with Crippen LogP contribution in [-0.4, -0.2) is 6.61 Å². The predicted octanol–water partition coefficient (Wildman–Crippen LogP) is 6.74. The number of rotatable bonds is 15. The molecule has 0 heterocycles.